The predicted octanol–water partition coefficient (Wildman–Crippen LogP) is 3.62. The van der Waals surface area contributed by atoms with Crippen molar-refractivity contribution >= 4 is 15.9 Å². The van der Waals surface area contributed by atoms with E-state index in [0.717, 1.165) is 54.4 Å². The Bertz CT molecular complexity index is 444. The van der Waals surface area contributed by atoms with Crippen LogP contribution in [0.3, 0.4) is 0 Å². The number of rotatable bonds is 4. The number of aliphatic hydroxyl groups is 1. The highest BCUT2D eigenvalue weighted by Gasteiger charge is 2.39. The number of hydrogen-bond acceptors (Lipinski definition) is 2. The molecule has 0 amide bonds. The van der Waals surface area contributed by atoms with Crippen molar-refractivity contribution in [2.75, 3.05) is 0 Å². The molecule has 0 aliphatic heterocycles. The fourth-order valence-corrected chi connectivity index (χ4v) is 4.17. The number of aryl methyl sites for hydroxylation is 2. The van der Waals surface area contributed by atoms with Gasteiger partial charge in [-0.15, -0.1) is 0 Å². The van der Waals surface area contributed by atoms with E-state index in [1.807, 2.05) is 11.7 Å². The Morgan fingerprint density at radius 1 is 1.42 bits per heavy atom. The lowest BCUT2D eigenvalue weighted by Gasteiger charge is -2.40. The molecule has 4 heteroatoms. The molecule has 0 aromatic carbocycles. The molecule has 1 N–H and O–H groups in total. The highest BCUT2D eigenvalue weighted by Crippen LogP contribution is 2.39. The molecular weight excluding hydrogens is 304 g/mol. The van der Waals surface area contributed by atoms with Gasteiger partial charge in [0.1, 0.15) is 0 Å². The Morgan fingerprint density at radius 2 is 2.16 bits per heavy atom. The molecule has 2 unspecified atom stereocenters. The van der Waals surface area contributed by atoms with Gasteiger partial charge >= 0.3 is 0 Å². The number of halogens is 1. The van der Waals surface area contributed by atoms with E-state index in [9.17, 15) is 5.11 Å². The summed E-state index contributed by atoms with van der Waals surface area (Å²) in [5, 5.41) is 15.6. The molecule has 1 fully saturated rings. The highest BCUT2D eigenvalue weighted by molar-refractivity contribution is 9.10. The number of aromatic nitrogens is 2. The third-order valence-corrected chi connectivity index (χ3v) is 5.56. The monoisotopic (exact) mass is 328 g/mol. The van der Waals surface area contributed by atoms with Gasteiger partial charge in [0.2, 0.25) is 0 Å². The Morgan fingerprint density at radius 3 is 2.74 bits per heavy atom. The zero-order valence-corrected chi connectivity index (χ0v) is 13.8. The van der Waals surface area contributed by atoms with Crippen LogP contribution in [-0.4, -0.2) is 20.5 Å². The first-order valence-corrected chi connectivity index (χ1v) is 8.23. The van der Waals surface area contributed by atoms with E-state index in [2.05, 4.69) is 34.9 Å². The molecule has 0 radical (unpaired) electrons. The summed E-state index contributed by atoms with van der Waals surface area (Å²) in [6.07, 6.45) is 7.18. The average molecular weight is 329 g/mol. The van der Waals surface area contributed by atoms with Crippen molar-refractivity contribution in [1.29, 1.82) is 0 Å². The minimum absolute atomic E-state index is 0.424. The van der Waals surface area contributed by atoms with E-state index in [0.29, 0.717) is 5.92 Å². The molecule has 2 rings (SSSR count). The third kappa shape index (κ3) is 2.89. The molecule has 1 aromatic rings. The number of hydrogen-bond donors (Lipinski definition) is 1. The molecule has 1 aromatic heterocycles. The second-order valence-electron chi connectivity index (χ2n) is 5.82. The summed E-state index contributed by atoms with van der Waals surface area (Å²) in [7, 11) is 1.98. The molecule has 1 heterocycles. The zero-order valence-electron chi connectivity index (χ0n) is 12.2. The topological polar surface area (TPSA) is 38.0 Å². The van der Waals surface area contributed by atoms with Gasteiger partial charge in [0.05, 0.1) is 21.5 Å². The van der Waals surface area contributed by atoms with Gasteiger partial charge in [-0.2, -0.15) is 5.10 Å². The second kappa shape index (κ2) is 5.96. The lowest BCUT2D eigenvalue weighted by Crippen LogP contribution is -2.43. The molecule has 2 atom stereocenters. The fraction of sp³-hybridized carbons (Fsp3) is 0.800. The van der Waals surface area contributed by atoms with E-state index in [1.165, 1.54) is 6.42 Å². The van der Waals surface area contributed by atoms with Crippen molar-refractivity contribution in [2.45, 2.75) is 64.4 Å². The first-order chi connectivity index (χ1) is 9.01. The SMILES string of the molecule is CCc1nn(C)c(CC2(O)CCCCC2CC)c1Br. The molecule has 0 saturated heterocycles. The molecule has 108 valence electrons. The van der Waals surface area contributed by atoms with Gasteiger partial charge in [0.15, 0.2) is 0 Å². The summed E-state index contributed by atoms with van der Waals surface area (Å²) in [4.78, 5) is 0. The normalized spacial score (nSPS) is 27.7. The maximum absolute atomic E-state index is 11.1. The summed E-state index contributed by atoms with van der Waals surface area (Å²) in [5.74, 6) is 0.424. The highest BCUT2D eigenvalue weighted by atomic mass is 79.9. The largest absolute Gasteiger partial charge is 0.389 e. The van der Waals surface area contributed by atoms with E-state index in [4.69, 9.17) is 0 Å². The lowest BCUT2D eigenvalue weighted by atomic mass is 9.72. The van der Waals surface area contributed by atoms with Gasteiger partial charge in [-0.3, -0.25) is 4.68 Å². The smallest absolute Gasteiger partial charge is 0.0766 e. The Labute approximate surface area is 124 Å². The second-order valence-corrected chi connectivity index (χ2v) is 6.61. The van der Waals surface area contributed by atoms with Crippen LogP contribution in [0, 0.1) is 5.92 Å². The summed E-state index contributed by atoms with van der Waals surface area (Å²) >= 11 is 3.66. The molecule has 3 nitrogen and oxygen atoms in total. The summed E-state index contributed by atoms with van der Waals surface area (Å²) in [6.45, 7) is 4.30. The minimum atomic E-state index is -0.547. The van der Waals surface area contributed by atoms with Gasteiger partial charge in [-0.25, -0.2) is 0 Å². The van der Waals surface area contributed by atoms with Crippen LogP contribution in [0.1, 0.15) is 57.3 Å². The maximum Gasteiger partial charge on any atom is 0.0766 e. The maximum atomic E-state index is 11.1. The van der Waals surface area contributed by atoms with Gasteiger partial charge in [-0.1, -0.05) is 33.1 Å². The molecule has 1 aliphatic carbocycles. The van der Waals surface area contributed by atoms with Gasteiger partial charge in [0, 0.05) is 13.5 Å². The summed E-state index contributed by atoms with van der Waals surface area (Å²) < 4.78 is 3.02. The Hall–Kier alpha value is -0.350. The van der Waals surface area contributed by atoms with Crippen molar-refractivity contribution in [3.05, 3.63) is 15.9 Å². The van der Waals surface area contributed by atoms with Crippen molar-refractivity contribution in [3.63, 3.8) is 0 Å². The van der Waals surface area contributed by atoms with Crippen LogP contribution in [0.25, 0.3) is 0 Å². The molecule has 0 spiro atoms. The van der Waals surface area contributed by atoms with Crippen LogP contribution < -0.4 is 0 Å². The first-order valence-electron chi connectivity index (χ1n) is 7.44. The van der Waals surface area contributed by atoms with Crippen LogP contribution in [0.2, 0.25) is 0 Å². The fourth-order valence-electron chi connectivity index (χ4n) is 3.41. The lowest BCUT2D eigenvalue weighted by molar-refractivity contribution is -0.0505. The van der Waals surface area contributed by atoms with Crippen molar-refractivity contribution < 1.29 is 5.11 Å². The predicted molar refractivity (Wildman–Crippen MR) is 81.2 cm³/mol. The molecular formula is C15H25BrN2O. The van der Waals surface area contributed by atoms with Crippen molar-refractivity contribution in [1.82, 2.24) is 9.78 Å². The van der Waals surface area contributed by atoms with Crippen molar-refractivity contribution in [2.24, 2.45) is 13.0 Å². The standard InChI is InChI=1S/C15H25BrN2O/c1-4-11-8-6-7-9-15(11,19)10-13-14(16)12(5-2)17-18(13)3/h11,19H,4-10H2,1-3H3. The molecule has 1 saturated carbocycles. The third-order valence-electron chi connectivity index (χ3n) is 4.64. The first kappa shape index (κ1) is 15.0. The molecule has 19 heavy (non-hydrogen) atoms. The summed E-state index contributed by atoms with van der Waals surface area (Å²) in [6, 6.07) is 0. The Balaban J connectivity index is 2.26. The van der Waals surface area contributed by atoms with Crippen molar-refractivity contribution in [3.8, 4) is 0 Å². The van der Waals surface area contributed by atoms with Crippen LogP contribution in [0.5, 0.6) is 0 Å². The van der Waals surface area contributed by atoms with Crippen LogP contribution in [0.15, 0.2) is 4.47 Å². The molecule has 0 bridgehead atoms. The van der Waals surface area contributed by atoms with E-state index >= 15 is 0 Å². The Kier molecular flexibility index (Phi) is 4.72. The van der Waals surface area contributed by atoms with E-state index in [-0.39, 0.29) is 0 Å². The minimum Gasteiger partial charge on any atom is -0.389 e. The zero-order chi connectivity index (χ0) is 14.0. The van der Waals surface area contributed by atoms with E-state index in [1.54, 1.807) is 0 Å². The van der Waals surface area contributed by atoms with Crippen LogP contribution in [-0.2, 0) is 19.9 Å². The van der Waals surface area contributed by atoms with Crippen LogP contribution in [0.4, 0.5) is 0 Å². The van der Waals surface area contributed by atoms with Crippen LogP contribution >= 0.6 is 15.9 Å². The summed E-state index contributed by atoms with van der Waals surface area (Å²) in [5.41, 5.74) is 1.68. The van der Waals surface area contributed by atoms with Gasteiger partial charge in [0.25, 0.3) is 0 Å². The van der Waals surface area contributed by atoms with E-state index < -0.39 is 5.60 Å². The van der Waals surface area contributed by atoms with Gasteiger partial charge < -0.3 is 5.11 Å². The number of nitrogens with zero attached hydrogens (tertiary/aromatic N) is 2. The quantitative estimate of drug-likeness (QED) is 0.916. The molecule has 1 aliphatic rings. The van der Waals surface area contributed by atoms with Gasteiger partial charge in [-0.05, 0) is 41.1 Å². The average Bonchev–Trinajstić information content (AvgIpc) is 2.66.